The van der Waals surface area contributed by atoms with Crippen molar-refractivity contribution in [1.29, 1.82) is 0 Å². The lowest BCUT2D eigenvalue weighted by atomic mass is 10.2. The van der Waals surface area contributed by atoms with Crippen LogP contribution in [0.25, 0.3) is 0 Å². The van der Waals surface area contributed by atoms with Crippen LogP contribution in [0.5, 0.6) is 0 Å². The number of hydrogen-bond acceptors (Lipinski definition) is 2. The summed E-state index contributed by atoms with van der Waals surface area (Å²) in [6, 6.07) is 0. The maximum absolute atomic E-state index is 8.57. The third kappa shape index (κ3) is 6.33. The summed E-state index contributed by atoms with van der Waals surface area (Å²) < 4.78 is 4.87. The largest absolute Gasteiger partial charge is 0.356 e. The number of hydrogen-bond donors (Lipinski definition) is 1. The molecule has 2 atom stereocenters. The molecule has 0 saturated carbocycles. The van der Waals surface area contributed by atoms with Crippen LogP contribution >= 0.6 is 11.6 Å². The number of aliphatic hydroxyl groups is 1. The summed E-state index contributed by atoms with van der Waals surface area (Å²) in [6.45, 7) is 4.02. The van der Waals surface area contributed by atoms with Crippen LogP contribution in [-0.2, 0) is 4.74 Å². The van der Waals surface area contributed by atoms with Crippen LogP contribution in [0.15, 0.2) is 0 Å². The molecule has 2 unspecified atom stereocenters. The molecule has 0 heterocycles. The van der Waals surface area contributed by atoms with E-state index in [0.29, 0.717) is 0 Å². The van der Waals surface area contributed by atoms with E-state index in [1.54, 1.807) is 0 Å². The van der Waals surface area contributed by atoms with Crippen molar-refractivity contribution in [2.75, 3.05) is 0 Å². The minimum Gasteiger partial charge on any atom is -0.356 e. The highest BCUT2D eigenvalue weighted by Crippen LogP contribution is 2.07. The van der Waals surface area contributed by atoms with Gasteiger partial charge in [-0.15, -0.1) is 0 Å². The van der Waals surface area contributed by atoms with Gasteiger partial charge in [-0.3, -0.25) is 0 Å². The molecule has 0 aromatic carbocycles. The highest BCUT2D eigenvalue weighted by atomic mass is 35.5. The first-order chi connectivity index (χ1) is 4.66. The van der Waals surface area contributed by atoms with Crippen molar-refractivity contribution >= 4 is 11.6 Å². The topological polar surface area (TPSA) is 29.5 Å². The van der Waals surface area contributed by atoms with Gasteiger partial charge in [0.2, 0.25) is 5.75 Å². The van der Waals surface area contributed by atoms with Crippen molar-refractivity contribution in [3.63, 3.8) is 0 Å². The summed E-state index contributed by atoms with van der Waals surface area (Å²) in [5, 5.41) is 8.57. The molecule has 0 saturated heterocycles. The number of aliphatic hydroxyl groups excluding tert-OH is 1. The Labute approximate surface area is 67.1 Å². The van der Waals surface area contributed by atoms with Crippen molar-refractivity contribution in [1.82, 2.24) is 0 Å². The number of rotatable bonds is 5. The fourth-order valence-corrected chi connectivity index (χ4v) is 0.927. The molecule has 0 aromatic rings. The van der Waals surface area contributed by atoms with E-state index in [9.17, 15) is 0 Å². The molecule has 0 spiro atoms. The Morgan fingerprint density at radius 3 is 2.60 bits per heavy atom. The van der Waals surface area contributed by atoms with Gasteiger partial charge in [0.15, 0.2) is 0 Å². The number of unbranched alkanes of at least 4 members (excludes halogenated alkanes) is 1. The lowest BCUT2D eigenvalue weighted by Crippen LogP contribution is -2.14. The van der Waals surface area contributed by atoms with Crippen LogP contribution in [0.1, 0.15) is 33.1 Å². The Morgan fingerprint density at radius 2 is 2.20 bits per heavy atom. The van der Waals surface area contributed by atoms with Crippen molar-refractivity contribution in [2.24, 2.45) is 0 Å². The summed E-state index contributed by atoms with van der Waals surface area (Å²) in [4.78, 5) is 0. The second-order valence-corrected chi connectivity index (χ2v) is 2.75. The van der Waals surface area contributed by atoms with Crippen LogP contribution in [0, 0.1) is 0 Å². The molecule has 0 aromatic heterocycles. The molecule has 0 rings (SSSR count). The summed E-state index contributed by atoms with van der Waals surface area (Å²) in [5.74, 6) is -1.15. The molecule has 0 fully saturated rings. The molecule has 0 aliphatic carbocycles. The molecule has 2 nitrogen and oxygen atoms in total. The van der Waals surface area contributed by atoms with Crippen LogP contribution in [0.4, 0.5) is 0 Å². The first-order valence-electron chi connectivity index (χ1n) is 3.64. The summed E-state index contributed by atoms with van der Waals surface area (Å²) in [5.41, 5.74) is 0. The van der Waals surface area contributed by atoms with E-state index >= 15 is 0 Å². The Morgan fingerprint density at radius 1 is 1.60 bits per heavy atom. The lowest BCUT2D eigenvalue weighted by Gasteiger charge is -2.12. The fourth-order valence-electron chi connectivity index (χ4n) is 0.751. The van der Waals surface area contributed by atoms with Crippen LogP contribution in [0.2, 0.25) is 0 Å². The molecule has 10 heavy (non-hydrogen) atoms. The van der Waals surface area contributed by atoms with Gasteiger partial charge in [-0.25, -0.2) is 0 Å². The average molecular weight is 167 g/mol. The van der Waals surface area contributed by atoms with Gasteiger partial charge in [-0.05, 0) is 13.3 Å². The van der Waals surface area contributed by atoms with E-state index in [4.69, 9.17) is 21.4 Å². The van der Waals surface area contributed by atoms with Crippen molar-refractivity contribution in [2.45, 2.75) is 45.0 Å². The SMILES string of the molecule is CCCCC(C)OC(O)Cl. The average Bonchev–Trinajstić information content (AvgIpc) is 1.82. The van der Waals surface area contributed by atoms with Gasteiger partial charge in [0, 0.05) is 0 Å². The monoisotopic (exact) mass is 166 g/mol. The summed E-state index contributed by atoms with van der Waals surface area (Å²) in [6.07, 6.45) is 3.28. The van der Waals surface area contributed by atoms with Crippen LogP contribution < -0.4 is 0 Å². The Balaban J connectivity index is 3.16. The van der Waals surface area contributed by atoms with E-state index in [1.165, 1.54) is 0 Å². The second-order valence-electron chi connectivity index (χ2n) is 2.38. The molecule has 62 valence electrons. The number of alkyl halides is 1. The molecule has 1 N–H and O–H groups in total. The van der Waals surface area contributed by atoms with Gasteiger partial charge in [-0.2, -0.15) is 0 Å². The van der Waals surface area contributed by atoms with Gasteiger partial charge >= 0.3 is 0 Å². The zero-order valence-corrected chi connectivity index (χ0v) is 7.27. The minimum absolute atomic E-state index is 0.0625. The van der Waals surface area contributed by atoms with E-state index in [-0.39, 0.29) is 6.10 Å². The fraction of sp³-hybridized carbons (Fsp3) is 1.00. The van der Waals surface area contributed by atoms with Gasteiger partial charge in [0.1, 0.15) is 0 Å². The van der Waals surface area contributed by atoms with Crippen molar-refractivity contribution < 1.29 is 9.84 Å². The Bertz CT molecular complexity index is 76.0. The van der Waals surface area contributed by atoms with E-state index < -0.39 is 5.75 Å². The van der Waals surface area contributed by atoms with Crippen LogP contribution in [0.3, 0.4) is 0 Å². The molecular weight excluding hydrogens is 152 g/mol. The zero-order valence-electron chi connectivity index (χ0n) is 6.51. The van der Waals surface area contributed by atoms with Crippen LogP contribution in [-0.4, -0.2) is 17.0 Å². The molecule has 0 radical (unpaired) electrons. The highest BCUT2D eigenvalue weighted by Gasteiger charge is 2.05. The van der Waals surface area contributed by atoms with Gasteiger partial charge in [0.25, 0.3) is 0 Å². The normalized spacial score (nSPS) is 16.8. The molecular formula is C7H15ClO2. The Kier molecular flexibility index (Phi) is 6.08. The summed E-state index contributed by atoms with van der Waals surface area (Å²) in [7, 11) is 0. The third-order valence-electron chi connectivity index (χ3n) is 1.31. The zero-order chi connectivity index (χ0) is 7.98. The standard InChI is InChI=1S/C7H15ClO2/c1-3-4-5-6(2)10-7(8)9/h6-7,9H,3-5H2,1-2H3. The van der Waals surface area contributed by atoms with Crippen molar-refractivity contribution in [3.8, 4) is 0 Å². The Hall–Kier alpha value is 0.210. The third-order valence-corrected chi connectivity index (χ3v) is 1.41. The molecule has 0 aliphatic rings. The molecule has 3 heteroatoms. The first kappa shape index (κ1) is 10.2. The minimum atomic E-state index is -1.15. The molecule has 0 bridgehead atoms. The predicted octanol–water partition coefficient (Wildman–Crippen LogP) is 2.10. The maximum Gasteiger partial charge on any atom is 0.234 e. The molecule has 0 amide bonds. The van der Waals surface area contributed by atoms with E-state index in [0.717, 1.165) is 19.3 Å². The smallest absolute Gasteiger partial charge is 0.234 e. The second kappa shape index (κ2) is 5.96. The van der Waals surface area contributed by atoms with Crippen molar-refractivity contribution in [3.05, 3.63) is 0 Å². The maximum atomic E-state index is 8.57. The molecule has 0 aliphatic heterocycles. The number of halogens is 1. The van der Waals surface area contributed by atoms with Gasteiger partial charge < -0.3 is 9.84 Å². The first-order valence-corrected chi connectivity index (χ1v) is 4.08. The van der Waals surface area contributed by atoms with Gasteiger partial charge in [0.05, 0.1) is 6.10 Å². The quantitative estimate of drug-likeness (QED) is 0.501. The predicted molar refractivity (Wildman–Crippen MR) is 41.9 cm³/mol. The number of ether oxygens (including phenoxy) is 1. The summed E-state index contributed by atoms with van der Waals surface area (Å²) >= 11 is 5.18. The highest BCUT2D eigenvalue weighted by molar-refractivity contribution is 6.18. The van der Waals surface area contributed by atoms with E-state index in [1.807, 2.05) is 6.92 Å². The van der Waals surface area contributed by atoms with Gasteiger partial charge in [-0.1, -0.05) is 31.4 Å². The lowest BCUT2D eigenvalue weighted by molar-refractivity contribution is -0.0783. The van der Waals surface area contributed by atoms with E-state index in [2.05, 4.69) is 6.92 Å².